The number of aromatic hydroxyl groups is 1. The molecule has 1 aliphatic heterocycles. The molecule has 0 bridgehead atoms. The van der Waals surface area contributed by atoms with Crippen LogP contribution < -0.4 is 10.2 Å². The minimum Gasteiger partial charge on any atom is -0.508 e. The van der Waals surface area contributed by atoms with Gasteiger partial charge in [0.1, 0.15) is 5.75 Å². The Balaban J connectivity index is 0.00000180. The fourth-order valence-corrected chi connectivity index (χ4v) is 2.38. The lowest BCUT2D eigenvalue weighted by atomic mass is 10.0. The molecule has 1 aromatic rings. The molecule has 108 valence electrons. The average molecular weight is 287 g/mol. The zero-order valence-corrected chi connectivity index (χ0v) is 12.4. The summed E-state index contributed by atoms with van der Waals surface area (Å²) in [7, 11) is 0. The Labute approximate surface area is 121 Å². The minimum atomic E-state index is 0. The normalized spacial score (nSPS) is 18.7. The highest BCUT2D eigenvalue weighted by atomic mass is 35.5. The largest absolute Gasteiger partial charge is 0.508 e. The Hall–Kier alpha value is -0.970. The molecule has 0 radical (unpaired) electrons. The van der Waals surface area contributed by atoms with Gasteiger partial charge in [-0.15, -0.1) is 12.4 Å². The van der Waals surface area contributed by atoms with Gasteiger partial charge in [-0.2, -0.15) is 0 Å². The maximum Gasteiger partial charge on any atom is 0.122 e. The molecule has 2 N–H and O–H groups in total. The predicted molar refractivity (Wildman–Crippen MR) is 80.5 cm³/mol. The van der Waals surface area contributed by atoms with Gasteiger partial charge in [0, 0.05) is 37.0 Å². The number of anilines is 1. The Morgan fingerprint density at radius 2 is 2.11 bits per heavy atom. The number of benzene rings is 1. The Kier molecular flexibility index (Phi) is 6.42. The number of phenols is 1. The van der Waals surface area contributed by atoms with Crippen LogP contribution in [0.2, 0.25) is 0 Å². The van der Waals surface area contributed by atoms with Crippen molar-refractivity contribution in [2.24, 2.45) is 0 Å². The van der Waals surface area contributed by atoms with Crippen molar-refractivity contribution in [3.8, 4) is 5.75 Å². The van der Waals surface area contributed by atoms with Crippen LogP contribution in [0.5, 0.6) is 5.75 Å². The van der Waals surface area contributed by atoms with E-state index in [0.29, 0.717) is 12.4 Å². The van der Waals surface area contributed by atoms with Crippen LogP contribution >= 0.6 is 12.4 Å². The van der Waals surface area contributed by atoms with Crippen LogP contribution in [0, 0.1) is 0 Å². The molecule has 1 fully saturated rings. The summed E-state index contributed by atoms with van der Waals surface area (Å²) in [4.78, 5) is 2.22. The lowest BCUT2D eigenvalue weighted by Gasteiger charge is -2.26. The van der Waals surface area contributed by atoms with E-state index >= 15 is 0 Å². The first-order chi connectivity index (χ1) is 8.76. The van der Waals surface area contributed by atoms with Gasteiger partial charge in [-0.25, -0.2) is 0 Å². The van der Waals surface area contributed by atoms with Crippen molar-refractivity contribution in [2.75, 3.05) is 37.7 Å². The van der Waals surface area contributed by atoms with Crippen molar-refractivity contribution in [2.45, 2.75) is 19.9 Å². The number of nitrogens with zero attached hydrogens (tertiary/aromatic N) is 1. The second-order valence-corrected chi connectivity index (χ2v) is 4.50. The Morgan fingerprint density at radius 1 is 1.37 bits per heavy atom. The molecular weight excluding hydrogens is 264 g/mol. The third-order valence-electron chi connectivity index (χ3n) is 3.44. The van der Waals surface area contributed by atoms with Crippen molar-refractivity contribution >= 4 is 18.1 Å². The van der Waals surface area contributed by atoms with Crippen LogP contribution in [0.1, 0.15) is 25.5 Å². The zero-order chi connectivity index (χ0) is 13.0. The highest BCUT2D eigenvalue weighted by Gasteiger charge is 2.19. The molecule has 0 saturated carbocycles. The van der Waals surface area contributed by atoms with Crippen molar-refractivity contribution in [3.63, 3.8) is 0 Å². The topological polar surface area (TPSA) is 44.7 Å². The van der Waals surface area contributed by atoms with Crippen LogP contribution in [0.4, 0.5) is 5.69 Å². The zero-order valence-electron chi connectivity index (χ0n) is 11.6. The molecule has 0 spiro atoms. The SMILES string of the molecule is CCN(CC)c1ccc([C@@H]2COCCN2)c(O)c1.Cl. The summed E-state index contributed by atoms with van der Waals surface area (Å²) in [6.07, 6.45) is 0. The van der Waals surface area contributed by atoms with Gasteiger partial charge in [-0.1, -0.05) is 6.07 Å². The van der Waals surface area contributed by atoms with E-state index in [9.17, 15) is 5.11 Å². The van der Waals surface area contributed by atoms with Crippen LogP contribution in [-0.2, 0) is 4.74 Å². The van der Waals surface area contributed by atoms with Gasteiger partial charge in [0.15, 0.2) is 0 Å². The van der Waals surface area contributed by atoms with Gasteiger partial charge in [0.05, 0.1) is 19.3 Å². The standard InChI is InChI=1S/C14H22N2O2.ClH/c1-3-16(4-2)11-5-6-12(14(17)9-11)13-10-18-8-7-15-13;/h5-6,9,13,15,17H,3-4,7-8,10H2,1-2H3;1H/t13-;/m0./s1. The second kappa shape index (κ2) is 7.58. The predicted octanol–water partition coefficient (Wildman–Crippen LogP) is 2.32. The van der Waals surface area contributed by atoms with E-state index < -0.39 is 0 Å². The quantitative estimate of drug-likeness (QED) is 0.892. The van der Waals surface area contributed by atoms with Gasteiger partial charge < -0.3 is 20.1 Å². The average Bonchev–Trinajstić information content (AvgIpc) is 2.41. The number of morpholine rings is 1. The van der Waals surface area contributed by atoms with Gasteiger partial charge in [0.2, 0.25) is 0 Å². The van der Waals surface area contributed by atoms with Crippen molar-refractivity contribution < 1.29 is 9.84 Å². The molecule has 2 rings (SSSR count). The summed E-state index contributed by atoms with van der Waals surface area (Å²) < 4.78 is 5.43. The fraction of sp³-hybridized carbons (Fsp3) is 0.571. The van der Waals surface area contributed by atoms with Gasteiger partial charge >= 0.3 is 0 Å². The maximum absolute atomic E-state index is 10.2. The molecule has 1 saturated heterocycles. The second-order valence-electron chi connectivity index (χ2n) is 4.50. The van der Waals surface area contributed by atoms with E-state index in [2.05, 4.69) is 30.1 Å². The summed E-state index contributed by atoms with van der Waals surface area (Å²) in [6, 6.07) is 6.01. The third-order valence-corrected chi connectivity index (χ3v) is 3.44. The van der Waals surface area contributed by atoms with Crippen molar-refractivity contribution in [3.05, 3.63) is 23.8 Å². The first kappa shape index (κ1) is 16.1. The fourth-order valence-electron chi connectivity index (χ4n) is 2.38. The summed E-state index contributed by atoms with van der Waals surface area (Å²) in [5, 5.41) is 13.5. The smallest absolute Gasteiger partial charge is 0.122 e. The number of phenolic OH excluding ortho intramolecular Hbond substituents is 1. The molecule has 1 aliphatic rings. The molecule has 19 heavy (non-hydrogen) atoms. The first-order valence-corrected chi connectivity index (χ1v) is 6.65. The number of rotatable bonds is 4. The van der Waals surface area contributed by atoms with Crippen LogP contribution in [0.3, 0.4) is 0 Å². The Morgan fingerprint density at radius 3 is 2.63 bits per heavy atom. The van der Waals surface area contributed by atoms with Gasteiger partial charge in [-0.05, 0) is 19.9 Å². The summed E-state index contributed by atoms with van der Waals surface area (Å²) >= 11 is 0. The number of halogens is 1. The number of nitrogens with one attached hydrogen (secondary N) is 1. The van der Waals surface area contributed by atoms with E-state index in [1.54, 1.807) is 0 Å². The van der Waals surface area contributed by atoms with E-state index in [0.717, 1.165) is 37.5 Å². The van der Waals surface area contributed by atoms with Crippen LogP contribution in [0.25, 0.3) is 0 Å². The molecule has 1 aromatic carbocycles. The first-order valence-electron chi connectivity index (χ1n) is 6.65. The van der Waals surface area contributed by atoms with E-state index in [4.69, 9.17) is 4.74 Å². The van der Waals surface area contributed by atoms with Crippen LogP contribution in [-0.4, -0.2) is 38.0 Å². The molecule has 0 unspecified atom stereocenters. The summed E-state index contributed by atoms with van der Waals surface area (Å²) in [6.45, 7) is 8.32. The van der Waals surface area contributed by atoms with E-state index in [-0.39, 0.29) is 18.4 Å². The lowest BCUT2D eigenvalue weighted by molar-refractivity contribution is 0.0761. The summed E-state index contributed by atoms with van der Waals surface area (Å²) in [5.41, 5.74) is 1.99. The van der Waals surface area contributed by atoms with Crippen LogP contribution in [0.15, 0.2) is 18.2 Å². The van der Waals surface area contributed by atoms with Crippen molar-refractivity contribution in [1.29, 1.82) is 0 Å². The molecule has 4 nitrogen and oxygen atoms in total. The molecule has 1 heterocycles. The Bertz CT molecular complexity index is 391. The summed E-state index contributed by atoms with van der Waals surface area (Å²) in [5.74, 6) is 0.349. The molecule has 0 aromatic heterocycles. The third kappa shape index (κ3) is 3.75. The van der Waals surface area contributed by atoms with Gasteiger partial charge in [0.25, 0.3) is 0 Å². The molecular formula is C14H23ClN2O2. The molecule has 0 aliphatic carbocycles. The molecule has 1 atom stereocenters. The minimum absolute atomic E-state index is 0. The van der Waals surface area contributed by atoms with Gasteiger partial charge in [-0.3, -0.25) is 0 Å². The highest BCUT2D eigenvalue weighted by molar-refractivity contribution is 5.85. The number of ether oxygens (including phenoxy) is 1. The lowest BCUT2D eigenvalue weighted by Crippen LogP contribution is -2.34. The number of hydrogen-bond donors (Lipinski definition) is 2. The number of hydrogen-bond acceptors (Lipinski definition) is 4. The molecule has 0 amide bonds. The monoisotopic (exact) mass is 286 g/mol. The maximum atomic E-state index is 10.2. The molecule has 5 heteroatoms. The van der Waals surface area contributed by atoms with E-state index in [1.807, 2.05) is 12.1 Å². The van der Waals surface area contributed by atoms with Crippen molar-refractivity contribution in [1.82, 2.24) is 5.32 Å². The highest BCUT2D eigenvalue weighted by Crippen LogP contribution is 2.30. The van der Waals surface area contributed by atoms with E-state index in [1.165, 1.54) is 0 Å².